The molecule has 1 aliphatic carbocycles. The Kier molecular flexibility index (Phi) is 5.45. The molecule has 2 unspecified atom stereocenters. The van der Waals surface area contributed by atoms with Gasteiger partial charge in [-0.2, -0.15) is 0 Å². The molecule has 2 saturated heterocycles. The number of nitrogens with one attached hydrogen (secondary N) is 1. The molecule has 0 radical (unpaired) electrons. The molecule has 34 heavy (non-hydrogen) atoms. The summed E-state index contributed by atoms with van der Waals surface area (Å²) in [7, 11) is 0. The normalized spacial score (nSPS) is 23.6. The van der Waals surface area contributed by atoms with Gasteiger partial charge < -0.3 is 25.6 Å². The lowest BCUT2D eigenvalue weighted by Crippen LogP contribution is -2.55. The monoisotopic (exact) mass is 464 g/mol. The van der Waals surface area contributed by atoms with Crippen LogP contribution in [-0.2, 0) is 11.3 Å². The van der Waals surface area contributed by atoms with Gasteiger partial charge in [0, 0.05) is 57.2 Å². The van der Waals surface area contributed by atoms with Gasteiger partial charge in [-0.25, -0.2) is 24.9 Å². The number of nitrogens with two attached hydrogens (primary N) is 1. The molecule has 3 aromatic rings. The Morgan fingerprint density at radius 1 is 1.00 bits per heavy atom. The lowest BCUT2D eigenvalue weighted by molar-refractivity contribution is 0.122. The summed E-state index contributed by atoms with van der Waals surface area (Å²) in [4.78, 5) is 28.2. The van der Waals surface area contributed by atoms with Gasteiger partial charge in [-0.15, -0.1) is 0 Å². The van der Waals surface area contributed by atoms with Gasteiger partial charge in [-0.3, -0.25) is 4.57 Å². The summed E-state index contributed by atoms with van der Waals surface area (Å²) >= 11 is 0. The van der Waals surface area contributed by atoms with Crippen LogP contribution in [0, 0.1) is 5.92 Å². The van der Waals surface area contributed by atoms with Gasteiger partial charge in [0.05, 0.1) is 18.8 Å². The molecule has 6 rings (SSSR count). The first-order valence-corrected chi connectivity index (χ1v) is 12.2. The number of aromatic nitrogens is 6. The van der Waals surface area contributed by atoms with Crippen molar-refractivity contribution in [1.82, 2.24) is 34.8 Å². The standard InChI is InChI=1S/C23H32N10O/c1-14-11-32(12-15(2)27-14)23-28-18-20(31-5-7-34-8-6-31)29-19(17-9-25-22(24)26-10-17)30-21(18)33(23)13-16-3-4-16/h9-10,14-16,27H,3-8,11-13H2,1-2H3,(H2,24,25,26). The maximum Gasteiger partial charge on any atom is 0.219 e. The third-order valence-electron chi connectivity index (χ3n) is 6.77. The summed E-state index contributed by atoms with van der Waals surface area (Å²) in [6, 6.07) is 0.787. The number of anilines is 3. The number of nitrogens with zero attached hydrogens (tertiary/aromatic N) is 8. The second kappa shape index (κ2) is 8.62. The first-order valence-electron chi connectivity index (χ1n) is 12.2. The van der Waals surface area contributed by atoms with Crippen molar-refractivity contribution in [2.75, 3.05) is 54.9 Å². The SMILES string of the molecule is CC1CN(c2nc3c(N4CCOCC4)nc(-c4cnc(N)nc4)nc3n2CC2CC2)CC(C)N1. The van der Waals surface area contributed by atoms with Crippen LogP contribution in [0.4, 0.5) is 17.7 Å². The largest absolute Gasteiger partial charge is 0.378 e. The number of fused-ring (bicyclic) bond motifs is 1. The van der Waals surface area contributed by atoms with Crippen molar-refractivity contribution in [3.8, 4) is 11.4 Å². The topological polar surface area (TPSA) is 123 Å². The highest BCUT2D eigenvalue weighted by Crippen LogP contribution is 2.36. The summed E-state index contributed by atoms with van der Waals surface area (Å²) in [5.74, 6) is 3.36. The van der Waals surface area contributed by atoms with E-state index in [1.165, 1.54) is 12.8 Å². The molecule has 0 bridgehead atoms. The van der Waals surface area contributed by atoms with E-state index in [0.717, 1.165) is 61.2 Å². The molecule has 11 heteroatoms. The zero-order chi connectivity index (χ0) is 23.2. The Morgan fingerprint density at radius 3 is 2.38 bits per heavy atom. The predicted octanol–water partition coefficient (Wildman–Crippen LogP) is 1.30. The highest BCUT2D eigenvalue weighted by atomic mass is 16.5. The van der Waals surface area contributed by atoms with Gasteiger partial charge in [0.1, 0.15) is 0 Å². The first kappa shape index (κ1) is 21.5. The number of imidazole rings is 1. The van der Waals surface area contributed by atoms with Crippen LogP contribution in [0.2, 0.25) is 0 Å². The Labute approximate surface area is 198 Å². The molecule has 3 aliphatic rings. The third-order valence-corrected chi connectivity index (χ3v) is 6.77. The number of hydrogen-bond donors (Lipinski definition) is 2. The minimum atomic E-state index is 0.237. The van der Waals surface area contributed by atoms with E-state index in [1.54, 1.807) is 12.4 Å². The van der Waals surface area contributed by atoms with E-state index in [0.29, 0.717) is 37.0 Å². The predicted molar refractivity (Wildman–Crippen MR) is 131 cm³/mol. The van der Waals surface area contributed by atoms with Gasteiger partial charge >= 0.3 is 0 Å². The van der Waals surface area contributed by atoms with Gasteiger partial charge in [-0.05, 0) is 32.6 Å². The average molecular weight is 465 g/mol. The number of nitrogen functional groups attached to an aromatic ring is 1. The number of ether oxygens (including phenoxy) is 1. The van der Waals surface area contributed by atoms with Crippen molar-refractivity contribution in [2.24, 2.45) is 5.92 Å². The Morgan fingerprint density at radius 2 is 1.71 bits per heavy atom. The molecule has 2 atom stereocenters. The maximum absolute atomic E-state index is 5.73. The van der Waals surface area contributed by atoms with Crippen LogP contribution in [0.3, 0.4) is 0 Å². The fraction of sp³-hybridized carbons (Fsp3) is 0.609. The van der Waals surface area contributed by atoms with Gasteiger partial charge in [0.15, 0.2) is 22.8 Å². The fourth-order valence-corrected chi connectivity index (χ4v) is 5.01. The molecule has 0 spiro atoms. The van der Waals surface area contributed by atoms with Gasteiger partial charge in [0.2, 0.25) is 11.9 Å². The van der Waals surface area contributed by atoms with E-state index in [2.05, 4.69) is 43.5 Å². The van der Waals surface area contributed by atoms with E-state index in [4.69, 9.17) is 25.4 Å². The summed E-state index contributed by atoms with van der Waals surface area (Å²) in [5, 5.41) is 3.63. The number of piperazine rings is 1. The van der Waals surface area contributed by atoms with E-state index in [1.807, 2.05) is 0 Å². The van der Waals surface area contributed by atoms with Crippen LogP contribution in [-0.4, -0.2) is 81.0 Å². The van der Waals surface area contributed by atoms with Crippen molar-refractivity contribution in [1.29, 1.82) is 0 Å². The van der Waals surface area contributed by atoms with Crippen LogP contribution < -0.4 is 20.9 Å². The summed E-state index contributed by atoms with van der Waals surface area (Å²) in [6.45, 7) is 10.1. The summed E-state index contributed by atoms with van der Waals surface area (Å²) in [5.41, 5.74) is 8.21. The summed E-state index contributed by atoms with van der Waals surface area (Å²) < 4.78 is 7.93. The molecule has 1 saturated carbocycles. The minimum absolute atomic E-state index is 0.237. The third kappa shape index (κ3) is 4.14. The molecule has 3 aromatic heterocycles. The lowest BCUT2D eigenvalue weighted by atomic mass is 10.1. The van der Waals surface area contributed by atoms with Crippen molar-refractivity contribution in [3.63, 3.8) is 0 Å². The molecule has 3 fully saturated rings. The lowest BCUT2D eigenvalue weighted by Gasteiger charge is -2.36. The highest BCUT2D eigenvalue weighted by Gasteiger charge is 2.31. The number of hydrogen-bond acceptors (Lipinski definition) is 10. The second-order valence-corrected chi connectivity index (χ2v) is 9.81. The zero-order valence-electron chi connectivity index (χ0n) is 19.8. The van der Waals surface area contributed by atoms with Gasteiger partial charge in [0.25, 0.3) is 0 Å². The van der Waals surface area contributed by atoms with E-state index in [9.17, 15) is 0 Å². The molecule has 0 aromatic carbocycles. The molecule has 0 amide bonds. The van der Waals surface area contributed by atoms with E-state index < -0.39 is 0 Å². The zero-order valence-corrected chi connectivity index (χ0v) is 19.8. The van der Waals surface area contributed by atoms with E-state index in [-0.39, 0.29) is 5.95 Å². The average Bonchev–Trinajstić information content (AvgIpc) is 3.58. The maximum atomic E-state index is 5.73. The smallest absolute Gasteiger partial charge is 0.219 e. The molecule has 2 aliphatic heterocycles. The van der Waals surface area contributed by atoms with Crippen molar-refractivity contribution >= 4 is 28.9 Å². The van der Waals surface area contributed by atoms with Gasteiger partial charge in [-0.1, -0.05) is 0 Å². The first-order chi connectivity index (χ1) is 16.5. The second-order valence-electron chi connectivity index (χ2n) is 9.81. The molecule has 3 N–H and O–H groups in total. The Balaban J connectivity index is 1.53. The Hall–Kier alpha value is -3.05. The molecule has 180 valence electrons. The number of morpholine rings is 1. The highest BCUT2D eigenvalue weighted by molar-refractivity contribution is 5.88. The van der Waals surface area contributed by atoms with Crippen molar-refractivity contribution in [3.05, 3.63) is 12.4 Å². The molecular formula is C23H32N10O. The molecule has 5 heterocycles. The van der Waals surface area contributed by atoms with Crippen LogP contribution in [0.1, 0.15) is 26.7 Å². The van der Waals surface area contributed by atoms with Crippen LogP contribution in [0.15, 0.2) is 12.4 Å². The van der Waals surface area contributed by atoms with Crippen molar-refractivity contribution < 1.29 is 4.74 Å². The number of rotatable bonds is 5. The molecule has 11 nitrogen and oxygen atoms in total. The Bertz CT molecular complexity index is 1160. The quantitative estimate of drug-likeness (QED) is 0.571. The fourth-order valence-electron chi connectivity index (χ4n) is 5.01. The van der Waals surface area contributed by atoms with Crippen molar-refractivity contribution in [2.45, 2.75) is 45.3 Å². The molecular weight excluding hydrogens is 432 g/mol. The summed E-state index contributed by atoms with van der Waals surface area (Å²) in [6.07, 6.45) is 5.89. The minimum Gasteiger partial charge on any atom is -0.378 e. The van der Waals surface area contributed by atoms with Crippen LogP contribution in [0.5, 0.6) is 0 Å². The van der Waals surface area contributed by atoms with Crippen LogP contribution in [0.25, 0.3) is 22.6 Å². The van der Waals surface area contributed by atoms with E-state index >= 15 is 0 Å². The van der Waals surface area contributed by atoms with Crippen LogP contribution >= 0.6 is 0 Å².